The molecule has 1 aliphatic heterocycles. The third-order valence-corrected chi connectivity index (χ3v) is 4.15. The minimum Gasteiger partial charge on any atom is -0.391 e. The summed E-state index contributed by atoms with van der Waals surface area (Å²) < 4.78 is 0. The van der Waals surface area contributed by atoms with Gasteiger partial charge in [-0.2, -0.15) is 0 Å². The molecule has 1 fully saturated rings. The monoisotopic (exact) mass is 292 g/mol. The lowest BCUT2D eigenvalue weighted by Gasteiger charge is -2.34. The Morgan fingerprint density at radius 1 is 1.24 bits per heavy atom. The molecule has 0 saturated carbocycles. The van der Waals surface area contributed by atoms with Crippen LogP contribution in [0.15, 0.2) is 30.3 Å². The lowest BCUT2D eigenvalue weighted by molar-refractivity contribution is -0.129. The van der Waals surface area contributed by atoms with Crippen LogP contribution >= 0.6 is 0 Å². The Balaban J connectivity index is 1.74. The number of piperidine rings is 1. The molecule has 21 heavy (non-hydrogen) atoms. The second-order valence-electron chi connectivity index (χ2n) is 5.83. The zero-order valence-corrected chi connectivity index (χ0v) is 12.2. The summed E-state index contributed by atoms with van der Waals surface area (Å²) in [7, 11) is 0. The summed E-state index contributed by atoms with van der Waals surface area (Å²) in [5.41, 5.74) is 6.25. The van der Waals surface area contributed by atoms with E-state index in [0.29, 0.717) is 13.0 Å². The van der Waals surface area contributed by atoms with Crippen molar-refractivity contribution in [2.75, 3.05) is 19.6 Å². The fourth-order valence-electron chi connectivity index (χ4n) is 2.93. The summed E-state index contributed by atoms with van der Waals surface area (Å²) in [5, 5.41) is 19.8. The van der Waals surface area contributed by atoms with Crippen LogP contribution in [0.25, 0.3) is 0 Å². The van der Waals surface area contributed by atoms with E-state index in [0.717, 1.165) is 31.5 Å². The van der Waals surface area contributed by atoms with Gasteiger partial charge in [-0.3, -0.25) is 4.79 Å². The highest BCUT2D eigenvalue weighted by atomic mass is 16.3. The first-order chi connectivity index (χ1) is 10.1. The van der Waals surface area contributed by atoms with E-state index in [1.54, 1.807) is 0 Å². The maximum atomic E-state index is 11.0. The van der Waals surface area contributed by atoms with Gasteiger partial charge in [0, 0.05) is 6.54 Å². The third kappa shape index (κ3) is 4.81. The molecule has 5 heteroatoms. The van der Waals surface area contributed by atoms with E-state index in [1.807, 2.05) is 30.3 Å². The number of aliphatic hydroxyl groups is 2. The molecule has 0 spiro atoms. The fourth-order valence-corrected chi connectivity index (χ4v) is 2.93. The highest BCUT2D eigenvalue weighted by Gasteiger charge is 2.28. The zero-order valence-electron chi connectivity index (χ0n) is 12.2. The molecule has 0 aromatic heterocycles. The number of primary amides is 1. The van der Waals surface area contributed by atoms with E-state index in [1.165, 1.54) is 0 Å². The smallest absolute Gasteiger partial charge is 0.246 e. The van der Waals surface area contributed by atoms with Crippen LogP contribution in [-0.2, 0) is 11.2 Å². The van der Waals surface area contributed by atoms with Gasteiger partial charge < -0.3 is 20.8 Å². The fraction of sp³-hybridized carbons (Fsp3) is 0.562. The van der Waals surface area contributed by atoms with E-state index in [9.17, 15) is 15.0 Å². The number of amides is 1. The van der Waals surface area contributed by atoms with E-state index >= 15 is 0 Å². The molecule has 4 N–H and O–H groups in total. The average Bonchev–Trinajstić information content (AvgIpc) is 2.48. The Morgan fingerprint density at radius 3 is 2.43 bits per heavy atom. The summed E-state index contributed by atoms with van der Waals surface area (Å²) in [6, 6.07) is 9.93. The van der Waals surface area contributed by atoms with Gasteiger partial charge in [0.1, 0.15) is 6.10 Å². The number of β-amino-alcohol motifs (C(OH)–C–C–N with tert-alkyl or cyclic N) is 1. The quantitative estimate of drug-likeness (QED) is 0.696. The van der Waals surface area contributed by atoms with Crippen molar-refractivity contribution in [3.8, 4) is 0 Å². The summed E-state index contributed by atoms with van der Waals surface area (Å²) in [6.07, 6.45) is 0.682. The van der Waals surface area contributed by atoms with Crippen molar-refractivity contribution in [1.82, 2.24) is 4.90 Å². The molecule has 0 radical (unpaired) electrons. The molecular formula is C16H24N2O3. The molecule has 0 unspecified atom stereocenters. The summed E-state index contributed by atoms with van der Waals surface area (Å²) in [5.74, 6) is -0.692. The average molecular weight is 292 g/mol. The Kier molecular flexibility index (Phi) is 5.73. The third-order valence-electron chi connectivity index (χ3n) is 4.15. The minimum atomic E-state index is -1.04. The topological polar surface area (TPSA) is 86.8 Å². The first-order valence-electron chi connectivity index (χ1n) is 7.48. The summed E-state index contributed by atoms with van der Waals surface area (Å²) in [6.45, 7) is 2.18. The largest absolute Gasteiger partial charge is 0.391 e. The van der Waals surface area contributed by atoms with Crippen molar-refractivity contribution in [3.05, 3.63) is 35.9 Å². The Morgan fingerprint density at radius 2 is 1.86 bits per heavy atom. The van der Waals surface area contributed by atoms with Crippen LogP contribution in [0.1, 0.15) is 18.4 Å². The van der Waals surface area contributed by atoms with Crippen molar-refractivity contribution in [1.29, 1.82) is 0 Å². The van der Waals surface area contributed by atoms with Crippen LogP contribution in [0.2, 0.25) is 0 Å². The molecule has 2 rings (SSSR count). The molecule has 5 nitrogen and oxygen atoms in total. The Hall–Kier alpha value is -1.43. The number of likely N-dealkylation sites (tertiary alicyclic amines) is 1. The van der Waals surface area contributed by atoms with E-state index in [2.05, 4.69) is 4.90 Å². The van der Waals surface area contributed by atoms with Crippen molar-refractivity contribution >= 4 is 5.91 Å². The molecule has 1 aromatic rings. The van der Waals surface area contributed by atoms with Gasteiger partial charge in [-0.1, -0.05) is 30.3 Å². The number of aliphatic hydroxyl groups excluding tert-OH is 2. The number of carbonyl (C=O) groups is 1. The molecule has 2 atom stereocenters. The summed E-state index contributed by atoms with van der Waals surface area (Å²) >= 11 is 0. The predicted molar refractivity (Wildman–Crippen MR) is 80.5 cm³/mol. The Bertz CT molecular complexity index is 444. The molecule has 1 saturated heterocycles. The first-order valence-corrected chi connectivity index (χ1v) is 7.48. The maximum absolute atomic E-state index is 11.0. The highest BCUT2D eigenvalue weighted by molar-refractivity contribution is 5.78. The van der Waals surface area contributed by atoms with Crippen LogP contribution in [-0.4, -0.2) is 52.9 Å². The lowest BCUT2D eigenvalue weighted by atomic mass is 9.90. The summed E-state index contributed by atoms with van der Waals surface area (Å²) in [4.78, 5) is 13.2. The molecule has 1 aliphatic rings. The van der Waals surface area contributed by atoms with Gasteiger partial charge in [0.05, 0.1) is 6.10 Å². The van der Waals surface area contributed by atoms with Crippen LogP contribution in [0.4, 0.5) is 0 Å². The lowest BCUT2D eigenvalue weighted by Crippen LogP contribution is -2.44. The molecule has 0 aliphatic carbocycles. The van der Waals surface area contributed by atoms with Gasteiger partial charge >= 0.3 is 0 Å². The first kappa shape index (κ1) is 15.9. The van der Waals surface area contributed by atoms with E-state index < -0.39 is 18.1 Å². The maximum Gasteiger partial charge on any atom is 0.246 e. The van der Waals surface area contributed by atoms with Crippen molar-refractivity contribution in [2.45, 2.75) is 31.5 Å². The SMILES string of the molecule is NC(=O)[C@@H](O)C1CCN(C[C@@H](O)Cc2ccccc2)CC1. The van der Waals surface area contributed by atoms with Crippen LogP contribution in [0.3, 0.4) is 0 Å². The number of carbonyl (C=O) groups excluding carboxylic acids is 1. The number of benzene rings is 1. The number of nitrogens with two attached hydrogens (primary N) is 1. The van der Waals surface area contributed by atoms with Gasteiger partial charge in [-0.05, 0) is 43.8 Å². The Labute approximate surface area is 125 Å². The minimum absolute atomic E-state index is 0.0509. The second-order valence-corrected chi connectivity index (χ2v) is 5.83. The zero-order chi connectivity index (χ0) is 15.2. The van der Waals surface area contributed by atoms with Crippen LogP contribution < -0.4 is 5.73 Å². The molecule has 1 amide bonds. The number of nitrogens with zero attached hydrogens (tertiary/aromatic N) is 1. The van der Waals surface area contributed by atoms with Gasteiger partial charge in [0.15, 0.2) is 0 Å². The van der Waals surface area contributed by atoms with E-state index in [4.69, 9.17) is 5.73 Å². The second kappa shape index (κ2) is 7.54. The molecule has 1 aromatic carbocycles. The van der Waals surface area contributed by atoms with Gasteiger partial charge in [-0.15, -0.1) is 0 Å². The van der Waals surface area contributed by atoms with Crippen molar-refractivity contribution < 1.29 is 15.0 Å². The normalized spacial score (nSPS) is 20.1. The molecule has 0 bridgehead atoms. The van der Waals surface area contributed by atoms with Gasteiger partial charge in [-0.25, -0.2) is 0 Å². The predicted octanol–water partition coefficient (Wildman–Crippen LogP) is 0.148. The standard InChI is InChI=1S/C16H24N2O3/c17-16(21)15(20)13-6-8-18(9-7-13)11-14(19)10-12-4-2-1-3-5-12/h1-5,13-15,19-20H,6-11H2,(H2,17,21)/t14-,15-/m0/s1. The van der Waals surface area contributed by atoms with E-state index in [-0.39, 0.29) is 5.92 Å². The number of hydrogen-bond acceptors (Lipinski definition) is 4. The van der Waals surface area contributed by atoms with Crippen LogP contribution in [0.5, 0.6) is 0 Å². The molecule has 1 heterocycles. The molecular weight excluding hydrogens is 268 g/mol. The number of rotatable bonds is 6. The van der Waals surface area contributed by atoms with Crippen molar-refractivity contribution in [2.24, 2.45) is 11.7 Å². The molecule has 116 valence electrons. The van der Waals surface area contributed by atoms with Crippen LogP contribution in [0, 0.1) is 5.92 Å². The number of hydrogen-bond donors (Lipinski definition) is 3. The van der Waals surface area contributed by atoms with Gasteiger partial charge in [0.25, 0.3) is 0 Å². The van der Waals surface area contributed by atoms with Crippen molar-refractivity contribution in [3.63, 3.8) is 0 Å². The van der Waals surface area contributed by atoms with Gasteiger partial charge in [0.2, 0.25) is 5.91 Å². The highest BCUT2D eigenvalue weighted by Crippen LogP contribution is 2.21.